The summed E-state index contributed by atoms with van der Waals surface area (Å²) in [5.41, 5.74) is 3.17. The standard InChI is InChI=1S/C17H17F3N4O/c1-11-9-16(21-7-5-12-6-8-22-24(12)2)14-10-13(25-17(18,19)20)3-4-15(14)23-11/h3-4,6,8-10H,5,7H2,1-2H3,(H,21,23). The number of alkyl halides is 3. The van der Waals surface area contributed by atoms with Gasteiger partial charge in [0.15, 0.2) is 0 Å². The third-order valence-electron chi connectivity index (χ3n) is 3.76. The molecule has 0 amide bonds. The number of hydrogen-bond donors (Lipinski definition) is 1. The molecule has 5 nitrogen and oxygen atoms in total. The lowest BCUT2D eigenvalue weighted by molar-refractivity contribution is -0.274. The van der Waals surface area contributed by atoms with Gasteiger partial charge in [0.2, 0.25) is 0 Å². The Morgan fingerprint density at radius 1 is 1.20 bits per heavy atom. The Morgan fingerprint density at radius 2 is 2.00 bits per heavy atom. The molecule has 0 spiro atoms. The molecule has 8 heteroatoms. The van der Waals surface area contributed by atoms with Gasteiger partial charge >= 0.3 is 6.36 Å². The van der Waals surface area contributed by atoms with Crippen LogP contribution in [0.1, 0.15) is 11.4 Å². The first-order valence-corrected chi connectivity index (χ1v) is 7.70. The summed E-state index contributed by atoms with van der Waals surface area (Å²) < 4.78 is 43.1. The Bertz CT molecular complexity index is 889. The molecule has 0 aliphatic carbocycles. The van der Waals surface area contributed by atoms with E-state index in [1.54, 1.807) is 10.9 Å². The molecule has 0 fully saturated rings. The van der Waals surface area contributed by atoms with Crippen LogP contribution in [0.15, 0.2) is 36.5 Å². The van der Waals surface area contributed by atoms with Crippen molar-refractivity contribution in [3.8, 4) is 5.75 Å². The molecule has 25 heavy (non-hydrogen) atoms. The van der Waals surface area contributed by atoms with Gasteiger partial charge in [0.05, 0.1) is 5.52 Å². The van der Waals surface area contributed by atoms with Gasteiger partial charge in [-0.1, -0.05) is 0 Å². The predicted molar refractivity (Wildman–Crippen MR) is 88.6 cm³/mol. The lowest BCUT2D eigenvalue weighted by atomic mass is 10.1. The number of benzene rings is 1. The molecule has 132 valence electrons. The molecule has 2 aromatic heterocycles. The number of aromatic nitrogens is 3. The van der Waals surface area contributed by atoms with Gasteiger partial charge in [0.25, 0.3) is 0 Å². The van der Waals surface area contributed by atoms with Gasteiger partial charge in [0, 0.05) is 48.7 Å². The minimum Gasteiger partial charge on any atom is -0.406 e. The quantitative estimate of drug-likeness (QED) is 0.760. The van der Waals surface area contributed by atoms with E-state index in [9.17, 15) is 13.2 Å². The summed E-state index contributed by atoms with van der Waals surface area (Å²) in [6, 6.07) is 7.87. The first-order chi connectivity index (χ1) is 11.8. The largest absolute Gasteiger partial charge is 0.573 e. The van der Waals surface area contributed by atoms with E-state index in [4.69, 9.17) is 0 Å². The number of nitrogens with one attached hydrogen (secondary N) is 1. The van der Waals surface area contributed by atoms with Crippen molar-refractivity contribution in [1.29, 1.82) is 0 Å². The number of pyridine rings is 1. The number of ether oxygens (including phenoxy) is 1. The van der Waals surface area contributed by atoms with Gasteiger partial charge in [-0.2, -0.15) is 5.10 Å². The number of aryl methyl sites for hydroxylation is 2. The highest BCUT2D eigenvalue weighted by Crippen LogP contribution is 2.30. The van der Waals surface area contributed by atoms with Gasteiger partial charge in [0.1, 0.15) is 5.75 Å². The number of rotatable bonds is 5. The molecule has 1 aromatic carbocycles. The van der Waals surface area contributed by atoms with Crippen LogP contribution in [-0.2, 0) is 13.5 Å². The van der Waals surface area contributed by atoms with Crippen molar-refractivity contribution in [2.75, 3.05) is 11.9 Å². The summed E-state index contributed by atoms with van der Waals surface area (Å²) in [6.45, 7) is 2.45. The zero-order valence-corrected chi connectivity index (χ0v) is 13.8. The summed E-state index contributed by atoms with van der Waals surface area (Å²) in [6.07, 6.45) is -2.26. The van der Waals surface area contributed by atoms with Crippen molar-refractivity contribution >= 4 is 16.6 Å². The molecule has 0 saturated heterocycles. The highest BCUT2D eigenvalue weighted by atomic mass is 19.4. The lowest BCUT2D eigenvalue weighted by Crippen LogP contribution is -2.17. The molecule has 0 saturated carbocycles. The number of fused-ring (bicyclic) bond motifs is 1. The van der Waals surface area contributed by atoms with E-state index >= 15 is 0 Å². The van der Waals surface area contributed by atoms with Crippen LogP contribution >= 0.6 is 0 Å². The van der Waals surface area contributed by atoms with E-state index in [0.29, 0.717) is 17.4 Å². The molecule has 0 aliphatic heterocycles. The molecular weight excluding hydrogens is 333 g/mol. The van der Waals surface area contributed by atoms with Crippen LogP contribution in [0.5, 0.6) is 5.75 Å². The maximum absolute atomic E-state index is 12.4. The zero-order valence-electron chi connectivity index (χ0n) is 13.8. The molecule has 2 heterocycles. The van der Waals surface area contributed by atoms with Crippen molar-refractivity contribution in [1.82, 2.24) is 14.8 Å². The van der Waals surface area contributed by atoms with E-state index < -0.39 is 6.36 Å². The number of hydrogen-bond acceptors (Lipinski definition) is 4. The highest BCUT2D eigenvalue weighted by molar-refractivity contribution is 5.92. The van der Waals surface area contributed by atoms with Crippen LogP contribution in [0.2, 0.25) is 0 Å². The summed E-state index contributed by atoms with van der Waals surface area (Å²) >= 11 is 0. The monoisotopic (exact) mass is 350 g/mol. The van der Waals surface area contributed by atoms with Gasteiger partial charge < -0.3 is 10.1 Å². The Hall–Kier alpha value is -2.77. The Kier molecular flexibility index (Phi) is 4.52. The third kappa shape index (κ3) is 4.20. The number of nitrogens with zero attached hydrogens (tertiary/aromatic N) is 3. The molecule has 0 atom stereocenters. The second kappa shape index (κ2) is 6.62. The fourth-order valence-electron chi connectivity index (χ4n) is 2.65. The van der Waals surface area contributed by atoms with Crippen molar-refractivity contribution in [3.63, 3.8) is 0 Å². The average Bonchev–Trinajstić information content (AvgIpc) is 2.91. The molecular formula is C17H17F3N4O. The van der Waals surface area contributed by atoms with Gasteiger partial charge in [-0.25, -0.2) is 0 Å². The van der Waals surface area contributed by atoms with Crippen LogP contribution in [0.4, 0.5) is 18.9 Å². The van der Waals surface area contributed by atoms with Crippen molar-refractivity contribution < 1.29 is 17.9 Å². The zero-order chi connectivity index (χ0) is 18.0. The van der Waals surface area contributed by atoms with Crippen LogP contribution < -0.4 is 10.1 Å². The lowest BCUT2D eigenvalue weighted by Gasteiger charge is -2.13. The van der Waals surface area contributed by atoms with Crippen molar-refractivity contribution in [2.24, 2.45) is 7.05 Å². The first kappa shape index (κ1) is 17.1. The van der Waals surface area contributed by atoms with Gasteiger partial charge in [-0.3, -0.25) is 9.67 Å². The smallest absolute Gasteiger partial charge is 0.406 e. The van der Waals surface area contributed by atoms with Crippen LogP contribution in [-0.4, -0.2) is 27.7 Å². The molecule has 0 bridgehead atoms. The van der Waals surface area contributed by atoms with E-state index in [2.05, 4.69) is 20.1 Å². The van der Waals surface area contributed by atoms with Crippen LogP contribution in [0.3, 0.4) is 0 Å². The fraction of sp³-hybridized carbons (Fsp3) is 0.294. The predicted octanol–water partition coefficient (Wildman–Crippen LogP) is 3.83. The topological polar surface area (TPSA) is 52.0 Å². The minimum absolute atomic E-state index is 0.264. The second-order valence-electron chi connectivity index (χ2n) is 5.66. The number of anilines is 1. The SMILES string of the molecule is Cc1cc(NCCc2ccnn2C)c2cc(OC(F)(F)F)ccc2n1. The first-order valence-electron chi connectivity index (χ1n) is 7.70. The third-order valence-corrected chi connectivity index (χ3v) is 3.76. The maximum Gasteiger partial charge on any atom is 0.573 e. The van der Waals surface area contributed by atoms with E-state index in [1.165, 1.54) is 18.2 Å². The summed E-state index contributed by atoms with van der Waals surface area (Å²) in [5, 5.41) is 7.95. The molecule has 0 radical (unpaired) electrons. The van der Waals surface area contributed by atoms with Gasteiger partial charge in [-0.05, 0) is 37.3 Å². The Labute approximate surface area is 142 Å². The molecule has 3 aromatic rings. The highest BCUT2D eigenvalue weighted by Gasteiger charge is 2.31. The van der Waals surface area contributed by atoms with E-state index in [1.807, 2.05) is 26.1 Å². The van der Waals surface area contributed by atoms with Gasteiger partial charge in [-0.15, -0.1) is 13.2 Å². The van der Waals surface area contributed by atoms with Crippen LogP contribution in [0.25, 0.3) is 10.9 Å². The summed E-state index contributed by atoms with van der Waals surface area (Å²) in [4.78, 5) is 4.36. The van der Waals surface area contributed by atoms with E-state index in [0.717, 1.165) is 23.5 Å². The molecule has 1 N–H and O–H groups in total. The van der Waals surface area contributed by atoms with Crippen molar-refractivity contribution in [2.45, 2.75) is 19.7 Å². The fourth-order valence-corrected chi connectivity index (χ4v) is 2.65. The van der Waals surface area contributed by atoms with Crippen LogP contribution in [0, 0.1) is 6.92 Å². The number of halogens is 3. The normalized spacial score (nSPS) is 11.7. The average molecular weight is 350 g/mol. The Balaban J connectivity index is 1.84. The molecule has 3 rings (SSSR count). The maximum atomic E-state index is 12.4. The molecule has 0 aliphatic rings. The molecule has 0 unspecified atom stereocenters. The Morgan fingerprint density at radius 3 is 2.68 bits per heavy atom. The summed E-state index contributed by atoms with van der Waals surface area (Å²) in [7, 11) is 1.86. The minimum atomic E-state index is -4.72. The van der Waals surface area contributed by atoms with Crippen molar-refractivity contribution in [3.05, 3.63) is 47.9 Å². The summed E-state index contributed by atoms with van der Waals surface area (Å²) in [5.74, 6) is -0.264. The second-order valence-corrected chi connectivity index (χ2v) is 5.66. The van der Waals surface area contributed by atoms with E-state index in [-0.39, 0.29) is 5.75 Å².